The molecule has 2 heteroatoms. The predicted molar refractivity (Wildman–Crippen MR) is 92.7 cm³/mol. The first-order chi connectivity index (χ1) is 10.0. The normalized spacial score (nSPS) is 34.9. The summed E-state index contributed by atoms with van der Waals surface area (Å²) >= 11 is 0. The largest absolute Gasteiger partial charge is 0.308 e. The van der Waals surface area contributed by atoms with E-state index < -0.39 is 0 Å². The quantitative estimate of drug-likeness (QED) is 0.771. The third kappa shape index (κ3) is 4.01. The second-order valence-electron chi connectivity index (χ2n) is 8.12. The van der Waals surface area contributed by atoms with Crippen molar-refractivity contribution in [2.24, 2.45) is 11.8 Å². The van der Waals surface area contributed by atoms with E-state index in [4.69, 9.17) is 0 Å². The molecule has 2 aliphatic rings. The van der Waals surface area contributed by atoms with Gasteiger partial charge in [-0.1, -0.05) is 47.5 Å². The third-order valence-electron chi connectivity index (χ3n) is 6.42. The molecule has 1 heterocycles. The molecule has 2 nitrogen and oxygen atoms in total. The van der Waals surface area contributed by atoms with Crippen LogP contribution >= 0.6 is 0 Å². The Morgan fingerprint density at radius 1 is 1.10 bits per heavy atom. The van der Waals surface area contributed by atoms with Crippen LogP contribution < -0.4 is 5.32 Å². The van der Waals surface area contributed by atoms with Crippen LogP contribution in [0.5, 0.6) is 0 Å². The molecule has 2 fully saturated rings. The van der Waals surface area contributed by atoms with Crippen LogP contribution in [-0.4, -0.2) is 35.6 Å². The molecule has 1 aliphatic carbocycles. The Morgan fingerprint density at radius 2 is 1.81 bits per heavy atom. The third-order valence-corrected chi connectivity index (χ3v) is 6.42. The maximum absolute atomic E-state index is 3.92. The molecule has 0 spiro atoms. The van der Waals surface area contributed by atoms with Gasteiger partial charge in [0, 0.05) is 30.7 Å². The summed E-state index contributed by atoms with van der Waals surface area (Å²) in [6.45, 7) is 14.4. The summed E-state index contributed by atoms with van der Waals surface area (Å²) in [6, 6.07) is 1.57. The Kier molecular flexibility index (Phi) is 6.14. The lowest BCUT2D eigenvalue weighted by Gasteiger charge is -2.51. The lowest BCUT2D eigenvalue weighted by Crippen LogP contribution is -2.66. The van der Waals surface area contributed by atoms with Gasteiger partial charge >= 0.3 is 0 Å². The Bertz CT molecular complexity index is 309. The maximum atomic E-state index is 3.92. The van der Waals surface area contributed by atoms with Gasteiger partial charge in [0.25, 0.3) is 0 Å². The average molecular weight is 295 g/mol. The molecule has 124 valence electrons. The van der Waals surface area contributed by atoms with E-state index in [-0.39, 0.29) is 0 Å². The first-order valence-corrected chi connectivity index (χ1v) is 9.52. The molecular weight excluding hydrogens is 256 g/mol. The molecule has 1 saturated carbocycles. The van der Waals surface area contributed by atoms with E-state index in [1.807, 2.05) is 0 Å². The zero-order valence-electron chi connectivity index (χ0n) is 15.1. The van der Waals surface area contributed by atoms with Gasteiger partial charge in [-0.3, -0.25) is 4.90 Å². The Morgan fingerprint density at radius 3 is 2.43 bits per heavy atom. The van der Waals surface area contributed by atoms with Gasteiger partial charge in [-0.05, 0) is 43.9 Å². The van der Waals surface area contributed by atoms with Crippen molar-refractivity contribution in [3.05, 3.63) is 0 Å². The molecule has 2 rings (SSSR count). The highest BCUT2D eigenvalue weighted by Gasteiger charge is 2.40. The van der Waals surface area contributed by atoms with Crippen LogP contribution in [0.3, 0.4) is 0 Å². The first kappa shape index (κ1) is 17.3. The number of hydrogen-bond acceptors (Lipinski definition) is 2. The summed E-state index contributed by atoms with van der Waals surface area (Å²) in [5.41, 5.74) is 0.364. The number of rotatable bonds is 4. The minimum Gasteiger partial charge on any atom is -0.308 e. The van der Waals surface area contributed by atoms with E-state index in [9.17, 15) is 0 Å². The van der Waals surface area contributed by atoms with E-state index in [0.717, 1.165) is 23.9 Å². The molecule has 0 aromatic rings. The smallest absolute Gasteiger partial charge is 0.0304 e. The van der Waals surface area contributed by atoms with Gasteiger partial charge in [0.2, 0.25) is 0 Å². The van der Waals surface area contributed by atoms with Gasteiger partial charge in [0.15, 0.2) is 0 Å². The number of nitrogens with zero attached hydrogens (tertiary/aromatic N) is 1. The van der Waals surface area contributed by atoms with Gasteiger partial charge < -0.3 is 5.32 Å². The van der Waals surface area contributed by atoms with E-state index >= 15 is 0 Å². The van der Waals surface area contributed by atoms with E-state index in [1.54, 1.807) is 0 Å². The van der Waals surface area contributed by atoms with Crippen LogP contribution in [0, 0.1) is 11.8 Å². The van der Waals surface area contributed by atoms with Crippen LogP contribution in [0.2, 0.25) is 0 Å². The molecule has 0 aromatic carbocycles. The van der Waals surface area contributed by atoms with Gasteiger partial charge in [-0.2, -0.15) is 0 Å². The molecule has 21 heavy (non-hydrogen) atoms. The highest BCUT2D eigenvalue weighted by Crippen LogP contribution is 2.33. The summed E-state index contributed by atoms with van der Waals surface area (Å²) in [7, 11) is 0. The van der Waals surface area contributed by atoms with Gasteiger partial charge in [-0.25, -0.2) is 0 Å². The molecule has 3 atom stereocenters. The zero-order chi connectivity index (χ0) is 15.5. The minimum atomic E-state index is 0.364. The molecule has 3 unspecified atom stereocenters. The SMILES string of the molecule is CCC1(CC)CN(C2CCCC(C)CC2)C(C(C)C)CN1. The number of hydrogen-bond donors (Lipinski definition) is 1. The van der Waals surface area contributed by atoms with Crippen molar-refractivity contribution >= 4 is 0 Å². The van der Waals surface area contributed by atoms with E-state index in [0.29, 0.717) is 5.54 Å². The minimum absolute atomic E-state index is 0.364. The molecule has 1 N–H and O–H groups in total. The number of piperazine rings is 1. The van der Waals surface area contributed by atoms with E-state index in [1.165, 1.54) is 58.0 Å². The lowest BCUT2D eigenvalue weighted by atomic mass is 9.84. The van der Waals surface area contributed by atoms with Gasteiger partial charge in [-0.15, -0.1) is 0 Å². The van der Waals surface area contributed by atoms with Crippen molar-refractivity contribution in [2.45, 2.75) is 97.2 Å². The summed E-state index contributed by atoms with van der Waals surface area (Å²) in [4.78, 5) is 2.92. The standard InChI is InChI=1S/C19H38N2/c1-6-19(7-2)14-21(18(13-20-19)15(3)4)17-10-8-9-16(5)11-12-17/h15-18,20H,6-14H2,1-5H3. The van der Waals surface area contributed by atoms with Gasteiger partial charge in [0.05, 0.1) is 0 Å². The summed E-state index contributed by atoms with van der Waals surface area (Å²) in [6.07, 6.45) is 9.69. The van der Waals surface area contributed by atoms with Gasteiger partial charge in [0.1, 0.15) is 0 Å². The molecule has 0 bridgehead atoms. The van der Waals surface area contributed by atoms with Crippen LogP contribution in [0.4, 0.5) is 0 Å². The first-order valence-electron chi connectivity index (χ1n) is 9.52. The highest BCUT2D eigenvalue weighted by atomic mass is 15.3. The van der Waals surface area contributed by atoms with Crippen molar-refractivity contribution in [2.75, 3.05) is 13.1 Å². The topological polar surface area (TPSA) is 15.3 Å². The fourth-order valence-electron chi connectivity index (χ4n) is 4.50. The van der Waals surface area contributed by atoms with Crippen molar-refractivity contribution < 1.29 is 0 Å². The van der Waals surface area contributed by atoms with Crippen LogP contribution in [0.25, 0.3) is 0 Å². The fraction of sp³-hybridized carbons (Fsp3) is 1.00. The van der Waals surface area contributed by atoms with Crippen LogP contribution in [0.1, 0.15) is 79.6 Å². The molecule has 1 saturated heterocycles. The fourth-order valence-corrected chi connectivity index (χ4v) is 4.50. The molecular formula is C19H38N2. The van der Waals surface area contributed by atoms with Crippen molar-refractivity contribution in [1.82, 2.24) is 10.2 Å². The molecule has 0 aromatic heterocycles. The van der Waals surface area contributed by atoms with Crippen molar-refractivity contribution in [3.63, 3.8) is 0 Å². The predicted octanol–water partition coefficient (Wildman–Crippen LogP) is 4.44. The molecule has 1 aliphatic heterocycles. The summed E-state index contributed by atoms with van der Waals surface area (Å²) in [5.74, 6) is 1.70. The monoisotopic (exact) mass is 294 g/mol. The Labute approximate surface area is 133 Å². The van der Waals surface area contributed by atoms with E-state index in [2.05, 4.69) is 44.8 Å². The lowest BCUT2D eigenvalue weighted by molar-refractivity contribution is 0.0114. The van der Waals surface area contributed by atoms with Crippen molar-refractivity contribution in [3.8, 4) is 0 Å². The summed E-state index contributed by atoms with van der Waals surface area (Å²) in [5, 5.41) is 3.92. The Balaban J connectivity index is 2.13. The van der Waals surface area contributed by atoms with Crippen LogP contribution in [-0.2, 0) is 0 Å². The number of nitrogens with one attached hydrogen (secondary N) is 1. The summed E-state index contributed by atoms with van der Waals surface area (Å²) < 4.78 is 0. The second-order valence-corrected chi connectivity index (χ2v) is 8.12. The second kappa shape index (κ2) is 7.46. The molecule has 0 amide bonds. The molecule has 0 radical (unpaired) electrons. The highest BCUT2D eigenvalue weighted by molar-refractivity contribution is 4.99. The maximum Gasteiger partial charge on any atom is 0.0304 e. The van der Waals surface area contributed by atoms with Crippen LogP contribution in [0.15, 0.2) is 0 Å². The van der Waals surface area contributed by atoms with Crippen molar-refractivity contribution in [1.29, 1.82) is 0 Å². The Hall–Kier alpha value is -0.0800. The zero-order valence-corrected chi connectivity index (χ0v) is 15.1. The average Bonchev–Trinajstić information content (AvgIpc) is 2.71.